The van der Waals surface area contributed by atoms with E-state index >= 15 is 0 Å². The van der Waals surface area contributed by atoms with Crippen LogP contribution in [0, 0.1) is 6.92 Å². The van der Waals surface area contributed by atoms with Gasteiger partial charge in [0.25, 0.3) is 0 Å². The molecule has 1 saturated heterocycles. The summed E-state index contributed by atoms with van der Waals surface area (Å²) in [4.78, 5) is 16.4. The number of nitrogens with zero attached hydrogens (tertiary/aromatic N) is 1. The van der Waals surface area contributed by atoms with Gasteiger partial charge in [0.2, 0.25) is 15.9 Å². The van der Waals surface area contributed by atoms with E-state index < -0.39 is 22.2 Å². The van der Waals surface area contributed by atoms with Gasteiger partial charge in [-0.25, -0.2) is 13.1 Å². The Labute approximate surface area is 183 Å². The number of carbonyl (C=O) groups excluding carboxylic acids is 1. The summed E-state index contributed by atoms with van der Waals surface area (Å²) in [5.74, 6) is -0.130. The molecule has 1 fully saturated rings. The first-order chi connectivity index (χ1) is 14.9. The molecule has 0 saturated carbocycles. The number of amides is 1. The van der Waals surface area contributed by atoms with Gasteiger partial charge in [0, 0.05) is 18.9 Å². The zero-order valence-electron chi connectivity index (χ0n) is 17.5. The molecule has 0 radical (unpaired) electrons. The largest absolute Gasteiger partial charge is 0.394 e. The van der Waals surface area contributed by atoms with Crippen LogP contribution in [0.4, 0.5) is 0 Å². The third-order valence-corrected chi connectivity index (χ3v) is 6.84. The Morgan fingerprint density at radius 2 is 1.87 bits per heavy atom. The molecule has 1 aromatic carbocycles. The number of hydrogen-bond acceptors (Lipinski definition) is 6. The lowest BCUT2D eigenvalue weighted by Crippen LogP contribution is -2.51. The van der Waals surface area contributed by atoms with Gasteiger partial charge >= 0.3 is 0 Å². The number of aliphatic hydroxyl groups is 1. The highest BCUT2D eigenvalue weighted by atomic mass is 32.2. The number of aliphatic hydroxyl groups excluding tert-OH is 1. The Balaban J connectivity index is 1.48. The van der Waals surface area contributed by atoms with Gasteiger partial charge in [0.1, 0.15) is 0 Å². The molecule has 168 valence electrons. The Bertz CT molecular complexity index is 951. The minimum Gasteiger partial charge on any atom is -0.394 e. The first-order valence-corrected chi connectivity index (χ1v) is 11.9. The molecule has 1 amide bonds. The number of aryl methyl sites for hydroxylation is 1. The second kappa shape index (κ2) is 10.8. The summed E-state index contributed by atoms with van der Waals surface area (Å²) in [5.41, 5.74) is 2.06. The fourth-order valence-electron chi connectivity index (χ4n) is 3.58. The zero-order valence-corrected chi connectivity index (χ0v) is 18.3. The molecule has 1 aliphatic heterocycles. The van der Waals surface area contributed by atoms with E-state index in [1.807, 2.05) is 19.1 Å². The standard InChI is InChI=1S/C22H29N3O5S/c1-16-2-5-19(6-3-16)31(28,29)25-20-7-4-18(30-21(20)15-26)14-22(27)24-13-10-17-8-11-23-12-9-17/h2-3,5-6,8-9,11-12,18,20-21,25-26H,4,7,10,13-15H2,1H3,(H,24,27)/t18-,20+,21+/m1/s1. The number of rotatable bonds is 9. The monoisotopic (exact) mass is 447 g/mol. The fraction of sp³-hybridized carbons (Fsp3) is 0.455. The highest BCUT2D eigenvalue weighted by Crippen LogP contribution is 2.23. The van der Waals surface area contributed by atoms with Crippen LogP contribution in [0.25, 0.3) is 0 Å². The van der Waals surface area contributed by atoms with E-state index in [9.17, 15) is 18.3 Å². The van der Waals surface area contributed by atoms with Gasteiger partial charge in [-0.1, -0.05) is 17.7 Å². The first-order valence-electron chi connectivity index (χ1n) is 10.4. The Morgan fingerprint density at radius 3 is 2.55 bits per heavy atom. The van der Waals surface area contributed by atoms with E-state index in [0.29, 0.717) is 25.8 Å². The van der Waals surface area contributed by atoms with Gasteiger partial charge < -0.3 is 15.2 Å². The number of sulfonamides is 1. The number of benzene rings is 1. The maximum Gasteiger partial charge on any atom is 0.240 e. The summed E-state index contributed by atoms with van der Waals surface area (Å²) in [7, 11) is -3.72. The predicted molar refractivity (Wildman–Crippen MR) is 116 cm³/mol. The van der Waals surface area contributed by atoms with Crippen LogP contribution in [-0.2, 0) is 26.0 Å². The van der Waals surface area contributed by atoms with E-state index in [1.165, 1.54) is 0 Å². The van der Waals surface area contributed by atoms with E-state index in [1.54, 1.807) is 36.7 Å². The highest BCUT2D eigenvalue weighted by molar-refractivity contribution is 7.89. The van der Waals surface area contributed by atoms with Crippen molar-refractivity contribution >= 4 is 15.9 Å². The van der Waals surface area contributed by atoms with Crippen LogP contribution in [0.15, 0.2) is 53.7 Å². The number of carbonyl (C=O) groups is 1. The van der Waals surface area contributed by atoms with Crippen molar-refractivity contribution in [2.75, 3.05) is 13.2 Å². The third-order valence-electron chi connectivity index (χ3n) is 5.33. The molecule has 2 aromatic rings. The van der Waals surface area contributed by atoms with Gasteiger partial charge in [-0.05, 0) is 56.0 Å². The van der Waals surface area contributed by atoms with E-state index in [-0.39, 0.29) is 29.9 Å². The van der Waals surface area contributed by atoms with Crippen molar-refractivity contribution < 1.29 is 23.1 Å². The van der Waals surface area contributed by atoms with Crippen LogP contribution in [0.5, 0.6) is 0 Å². The minimum absolute atomic E-state index is 0.130. The predicted octanol–water partition coefficient (Wildman–Crippen LogP) is 1.33. The first kappa shape index (κ1) is 23.3. The van der Waals surface area contributed by atoms with Crippen molar-refractivity contribution in [3.63, 3.8) is 0 Å². The SMILES string of the molecule is Cc1ccc(S(=O)(=O)N[C@H]2CC[C@H](CC(=O)NCCc3ccncc3)O[C@H]2CO)cc1. The molecular formula is C22H29N3O5S. The Kier molecular flexibility index (Phi) is 8.14. The van der Waals surface area contributed by atoms with Crippen molar-refractivity contribution in [2.24, 2.45) is 0 Å². The molecule has 1 aromatic heterocycles. The maximum absolute atomic E-state index is 12.7. The van der Waals surface area contributed by atoms with E-state index in [2.05, 4.69) is 15.0 Å². The van der Waals surface area contributed by atoms with Gasteiger partial charge in [0.15, 0.2) is 0 Å². The van der Waals surface area contributed by atoms with E-state index in [0.717, 1.165) is 11.1 Å². The van der Waals surface area contributed by atoms with Crippen LogP contribution in [-0.4, -0.2) is 55.8 Å². The second-order valence-corrected chi connectivity index (χ2v) is 9.47. The van der Waals surface area contributed by atoms with Gasteiger partial charge in [0.05, 0.1) is 36.2 Å². The second-order valence-electron chi connectivity index (χ2n) is 7.76. The Hall–Kier alpha value is -2.33. The molecule has 0 bridgehead atoms. The van der Waals surface area contributed by atoms with Crippen molar-refractivity contribution in [3.8, 4) is 0 Å². The molecule has 0 unspecified atom stereocenters. The molecule has 9 heteroatoms. The van der Waals surface area contributed by atoms with Crippen molar-refractivity contribution in [2.45, 2.75) is 55.8 Å². The van der Waals surface area contributed by atoms with Crippen molar-refractivity contribution in [3.05, 3.63) is 59.9 Å². The zero-order chi connectivity index (χ0) is 22.3. The summed E-state index contributed by atoms with van der Waals surface area (Å²) in [6.45, 7) is 2.06. The molecule has 0 aliphatic carbocycles. The lowest BCUT2D eigenvalue weighted by Gasteiger charge is -2.35. The average Bonchev–Trinajstić information content (AvgIpc) is 2.75. The molecule has 3 atom stereocenters. The summed E-state index contributed by atoms with van der Waals surface area (Å²) < 4.78 is 33.8. The number of pyridine rings is 1. The summed E-state index contributed by atoms with van der Waals surface area (Å²) in [6.07, 6.45) is 4.24. The smallest absolute Gasteiger partial charge is 0.240 e. The van der Waals surface area contributed by atoms with Crippen molar-refractivity contribution in [1.29, 1.82) is 0 Å². The minimum atomic E-state index is -3.72. The number of nitrogens with one attached hydrogen (secondary N) is 2. The summed E-state index contributed by atoms with van der Waals surface area (Å²) in [5, 5.41) is 12.6. The van der Waals surface area contributed by atoms with Crippen LogP contribution in [0.1, 0.15) is 30.4 Å². The van der Waals surface area contributed by atoms with Crippen molar-refractivity contribution in [1.82, 2.24) is 15.0 Å². The lowest BCUT2D eigenvalue weighted by molar-refractivity contribution is -0.130. The Morgan fingerprint density at radius 1 is 1.16 bits per heavy atom. The summed E-state index contributed by atoms with van der Waals surface area (Å²) >= 11 is 0. The van der Waals surface area contributed by atoms with Gasteiger partial charge in [-0.3, -0.25) is 9.78 Å². The molecule has 1 aliphatic rings. The highest BCUT2D eigenvalue weighted by Gasteiger charge is 2.34. The van der Waals surface area contributed by atoms with Crippen LogP contribution in [0.3, 0.4) is 0 Å². The maximum atomic E-state index is 12.7. The molecule has 0 spiro atoms. The average molecular weight is 448 g/mol. The summed E-state index contributed by atoms with van der Waals surface area (Å²) in [6, 6.07) is 9.82. The number of ether oxygens (including phenoxy) is 1. The number of hydrogen-bond donors (Lipinski definition) is 3. The molecule has 31 heavy (non-hydrogen) atoms. The molecule has 8 nitrogen and oxygen atoms in total. The number of aromatic nitrogens is 1. The molecule has 3 rings (SSSR count). The van der Waals surface area contributed by atoms with Gasteiger partial charge in [-0.2, -0.15) is 0 Å². The molecular weight excluding hydrogens is 418 g/mol. The molecule has 2 heterocycles. The fourth-order valence-corrected chi connectivity index (χ4v) is 4.87. The normalized spacial score (nSPS) is 21.5. The lowest BCUT2D eigenvalue weighted by atomic mass is 9.98. The van der Waals surface area contributed by atoms with Crippen LogP contribution >= 0.6 is 0 Å². The topological polar surface area (TPSA) is 118 Å². The molecule has 3 N–H and O–H groups in total. The van der Waals surface area contributed by atoms with Crippen LogP contribution < -0.4 is 10.0 Å². The van der Waals surface area contributed by atoms with Gasteiger partial charge in [-0.15, -0.1) is 0 Å². The van der Waals surface area contributed by atoms with E-state index in [4.69, 9.17) is 4.74 Å². The third kappa shape index (κ3) is 6.83. The quantitative estimate of drug-likeness (QED) is 0.534. The van der Waals surface area contributed by atoms with Crippen LogP contribution in [0.2, 0.25) is 0 Å².